The first kappa shape index (κ1) is 14.4. The topological polar surface area (TPSA) is 75.1 Å². The Morgan fingerprint density at radius 1 is 1.30 bits per heavy atom. The van der Waals surface area contributed by atoms with Crippen molar-refractivity contribution < 1.29 is 5.11 Å². The number of nitrogens with zero attached hydrogens (tertiary/aromatic N) is 1. The van der Waals surface area contributed by atoms with Crippen LogP contribution in [0.4, 0.5) is 0 Å². The molecule has 2 aromatic rings. The summed E-state index contributed by atoms with van der Waals surface area (Å²) >= 11 is 6.05. The van der Waals surface area contributed by atoms with Gasteiger partial charge < -0.3 is 5.11 Å². The zero-order valence-corrected chi connectivity index (χ0v) is 11.8. The van der Waals surface area contributed by atoms with Crippen LogP contribution in [0.2, 0.25) is 5.02 Å². The molecule has 1 heterocycles. The zero-order chi connectivity index (χ0) is 14.7. The van der Waals surface area contributed by atoms with Crippen LogP contribution in [0.25, 0.3) is 11.1 Å². The fraction of sp³-hybridized carbons (Fsp3) is 0.286. The van der Waals surface area contributed by atoms with Gasteiger partial charge in [-0.1, -0.05) is 43.1 Å². The van der Waals surface area contributed by atoms with Gasteiger partial charge in [-0.15, -0.1) is 0 Å². The lowest BCUT2D eigenvalue weighted by Crippen LogP contribution is -2.31. The van der Waals surface area contributed by atoms with Gasteiger partial charge in [-0.25, -0.2) is 4.79 Å². The fourth-order valence-electron chi connectivity index (χ4n) is 1.99. The van der Waals surface area contributed by atoms with Crippen molar-refractivity contribution in [1.82, 2.24) is 9.55 Å². The lowest BCUT2D eigenvalue weighted by Gasteiger charge is -2.11. The summed E-state index contributed by atoms with van der Waals surface area (Å²) in [5.74, 6) is -0.347. The molecule has 0 spiro atoms. The predicted octanol–water partition coefficient (Wildman–Crippen LogP) is 2.36. The van der Waals surface area contributed by atoms with Crippen LogP contribution in [0.15, 0.2) is 33.9 Å². The number of benzene rings is 1. The van der Waals surface area contributed by atoms with Gasteiger partial charge in [-0.2, -0.15) is 0 Å². The van der Waals surface area contributed by atoms with Crippen LogP contribution in [0.5, 0.6) is 5.88 Å². The average molecular weight is 295 g/mol. The number of aromatic nitrogens is 2. The van der Waals surface area contributed by atoms with E-state index in [4.69, 9.17) is 11.6 Å². The minimum atomic E-state index is -0.645. The van der Waals surface area contributed by atoms with Gasteiger partial charge in [0.25, 0.3) is 5.56 Å². The van der Waals surface area contributed by atoms with Gasteiger partial charge in [0, 0.05) is 17.1 Å². The Balaban J connectivity index is 2.68. The average Bonchev–Trinajstić information content (AvgIpc) is 2.40. The Morgan fingerprint density at radius 2 is 2.00 bits per heavy atom. The van der Waals surface area contributed by atoms with Crippen molar-refractivity contribution in [1.29, 1.82) is 0 Å². The molecule has 6 heteroatoms. The molecule has 20 heavy (non-hydrogen) atoms. The maximum atomic E-state index is 12.0. The molecule has 0 saturated carbocycles. The maximum Gasteiger partial charge on any atom is 0.331 e. The molecule has 0 aliphatic carbocycles. The summed E-state index contributed by atoms with van der Waals surface area (Å²) < 4.78 is 1.16. The number of aromatic amines is 1. The first-order chi connectivity index (χ1) is 9.56. The lowest BCUT2D eigenvalue weighted by atomic mass is 10.1. The third kappa shape index (κ3) is 2.63. The van der Waals surface area contributed by atoms with Crippen molar-refractivity contribution >= 4 is 11.6 Å². The molecule has 2 rings (SSSR count). The molecule has 1 aromatic carbocycles. The van der Waals surface area contributed by atoms with Crippen LogP contribution in [-0.2, 0) is 6.54 Å². The Morgan fingerprint density at radius 3 is 2.65 bits per heavy atom. The van der Waals surface area contributed by atoms with Crippen LogP contribution in [0, 0.1) is 0 Å². The summed E-state index contributed by atoms with van der Waals surface area (Å²) in [6, 6.07) is 6.68. The van der Waals surface area contributed by atoms with Crippen LogP contribution in [-0.4, -0.2) is 14.7 Å². The molecule has 0 unspecified atom stereocenters. The molecule has 0 aliphatic rings. The lowest BCUT2D eigenvalue weighted by molar-refractivity contribution is 0.398. The summed E-state index contributed by atoms with van der Waals surface area (Å²) in [4.78, 5) is 25.9. The first-order valence-corrected chi connectivity index (χ1v) is 6.75. The van der Waals surface area contributed by atoms with E-state index in [0.717, 1.165) is 17.4 Å². The number of unbranched alkanes of at least 4 members (excludes halogenated alkanes) is 1. The molecule has 1 aromatic heterocycles. The molecule has 0 aliphatic heterocycles. The number of H-pyrrole nitrogens is 1. The maximum absolute atomic E-state index is 12.0. The predicted molar refractivity (Wildman–Crippen MR) is 78.3 cm³/mol. The van der Waals surface area contributed by atoms with Crippen LogP contribution < -0.4 is 11.2 Å². The van der Waals surface area contributed by atoms with E-state index in [-0.39, 0.29) is 11.4 Å². The SMILES string of the molecule is CCCCn1c(O)c(-c2ccccc2Cl)c(=O)[nH]c1=O. The highest BCUT2D eigenvalue weighted by molar-refractivity contribution is 6.33. The van der Waals surface area contributed by atoms with Crippen LogP contribution >= 0.6 is 11.6 Å². The molecule has 0 bridgehead atoms. The smallest absolute Gasteiger partial charge is 0.331 e. The minimum Gasteiger partial charge on any atom is -0.494 e. The minimum absolute atomic E-state index is 0.0197. The highest BCUT2D eigenvalue weighted by Crippen LogP contribution is 2.30. The van der Waals surface area contributed by atoms with Crippen molar-refractivity contribution in [2.75, 3.05) is 0 Å². The van der Waals surface area contributed by atoms with Crippen molar-refractivity contribution in [2.24, 2.45) is 0 Å². The third-order valence-electron chi connectivity index (χ3n) is 3.05. The van der Waals surface area contributed by atoms with Gasteiger partial charge in [0.2, 0.25) is 5.88 Å². The van der Waals surface area contributed by atoms with Gasteiger partial charge >= 0.3 is 5.69 Å². The quantitative estimate of drug-likeness (QED) is 0.909. The zero-order valence-electron chi connectivity index (χ0n) is 11.0. The van der Waals surface area contributed by atoms with Crippen LogP contribution in [0.3, 0.4) is 0 Å². The normalized spacial score (nSPS) is 10.7. The number of rotatable bonds is 4. The molecule has 0 atom stereocenters. The van der Waals surface area contributed by atoms with Gasteiger partial charge in [0.15, 0.2) is 0 Å². The standard InChI is InChI=1S/C14H15ClN2O3/c1-2-3-8-17-13(19)11(12(18)16-14(17)20)9-6-4-5-7-10(9)15/h4-7,19H,2-3,8H2,1H3,(H,16,18,20). The number of halogens is 1. The van der Waals surface area contributed by atoms with E-state index >= 15 is 0 Å². The summed E-state index contributed by atoms with van der Waals surface area (Å²) in [6.07, 6.45) is 1.59. The monoisotopic (exact) mass is 294 g/mol. The second-order valence-corrected chi connectivity index (χ2v) is 4.85. The molecule has 2 N–H and O–H groups in total. The van der Waals surface area contributed by atoms with Gasteiger partial charge in [0.05, 0.1) is 0 Å². The van der Waals surface area contributed by atoms with E-state index in [1.54, 1.807) is 24.3 Å². The second kappa shape index (κ2) is 5.96. The molecular weight excluding hydrogens is 280 g/mol. The highest BCUT2D eigenvalue weighted by atomic mass is 35.5. The van der Waals surface area contributed by atoms with E-state index < -0.39 is 11.2 Å². The Labute approximate surface area is 120 Å². The summed E-state index contributed by atoms with van der Waals surface area (Å²) in [6.45, 7) is 2.32. The van der Waals surface area contributed by atoms with Crippen molar-refractivity contribution in [2.45, 2.75) is 26.3 Å². The van der Waals surface area contributed by atoms with E-state index in [1.807, 2.05) is 6.92 Å². The molecule has 0 radical (unpaired) electrons. The van der Waals surface area contributed by atoms with Crippen LogP contribution in [0.1, 0.15) is 19.8 Å². The molecule has 0 fully saturated rings. The van der Waals surface area contributed by atoms with E-state index in [0.29, 0.717) is 17.1 Å². The molecule has 106 valence electrons. The number of aromatic hydroxyl groups is 1. The summed E-state index contributed by atoms with van der Waals surface area (Å²) in [5, 5.41) is 10.6. The Hall–Kier alpha value is -2.01. The van der Waals surface area contributed by atoms with Gasteiger partial charge in [-0.3, -0.25) is 14.3 Å². The van der Waals surface area contributed by atoms with E-state index in [2.05, 4.69) is 4.98 Å². The third-order valence-corrected chi connectivity index (χ3v) is 3.38. The molecular formula is C14H15ClN2O3. The van der Waals surface area contributed by atoms with Gasteiger partial charge in [-0.05, 0) is 12.5 Å². The van der Waals surface area contributed by atoms with E-state index in [9.17, 15) is 14.7 Å². The van der Waals surface area contributed by atoms with E-state index in [1.165, 1.54) is 0 Å². The van der Waals surface area contributed by atoms with Crippen molar-refractivity contribution in [3.05, 3.63) is 50.1 Å². The molecule has 0 amide bonds. The number of hydrogen-bond acceptors (Lipinski definition) is 3. The Kier molecular flexibility index (Phi) is 4.29. The van der Waals surface area contributed by atoms with Crippen molar-refractivity contribution in [3.63, 3.8) is 0 Å². The van der Waals surface area contributed by atoms with Gasteiger partial charge in [0.1, 0.15) is 5.56 Å². The number of nitrogens with one attached hydrogen (secondary N) is 1. The fourth-order valence-corrected chi connectivity index (χ4v) is 2.22. The second-order valence-electron chi connectivity index (χ2n) is 4.44. The number of hydrogen-bond donors (Lipinski definition) is 2. The van der Waals surface area contributed by atoms with Crippen molar-refractivity contribution in [3.8, 4) is 17.0 Å². The molecule has 5 nitrogen and oxygen atoms in total. The molecule has 0 saturated heterocycles. The largest absolute Gasteiger partial charge is 0.494 e. The summed E-state index contributed by atoms with van der Waals surface area (Å²) in [7, 11) is 0. The Bertz CT molecular complexity index is 734. The highest BCUT2D eigenvalue weighted by Gasteiger charge is 2.17. The first-order valence-electron chi connectivity index (χ1n) is 6.37. The summed E-state index contributed by atoms with van der Waals surface area (Å²) in [5.41, 5.74) is -0.838.